The number of benzene rings is 1. The van der Waals surface area contributed by atoms with Gasteiger partial charge in [0.2, 0.25) is 17.7 Å². The van der Waals surface area contributed by atoms with Crippen molar-refractivity contribution in [3.05, 3.63) is 35.9 Å². The Morgan fingerprint density at radius 2 is 1.58 bits per heavy atom. The second kappa shape index (κ2) is 12.7. The zero-order valence-corrected chi connectivity index (χ0v) is 18.1. The number of rotatable bonds is 13. The monoisotopic (exact) mass is 431 g/mol. The van der Waals surface area contributed by atoms with Gasteiger partial charge in [-0.1, -0.05) is 75.8 Å². The second-order valence-electron chi connectivity index (χ2n) is 8.03. The number of piperazine rings is 1. The van der Waals surface area contributed by atoms with Gasteiger partial charge in [-0.05, 0) is 12.0 Å². The first kappa shape index (κ1) is 24.4. The quantitative estimate of drug-likeness (QED) is 0.355. The summed E-state index contributed by atoms with van der Waals surface area (Å²) in [6.07, 6.45) is 6.52. The average Bonchev–Trinajstić information content (AvgIpc) is 2.74. The molecule has 1 heterocycles. The maximum atomic E-state index is 12.4. The van der Waals surface area contributed by atoms with E-state index in [0.717, 1.165) is 31.2 Å². The van der Waals surface area contributed by atoms with Crippen molar-refractivity contribution in [3.8, 4) is 0 Å². The lowest BCUT2D eigenvalue weighted by molar-refractivity contribution is -0.143. The fraction of sp³-hybridized carbons (Fsp3) is 0.565. The Morgan fingerprint density at radius 1 is 0.968 bits per heavy atom. The summed E-state index contributed by atoms with van der Waals surface area (Å²) in [6.45, 7) is 2.13. The number of carboxylic acid groups (broad SMARTS) is 1. The first-order chi connectivity index (χ1) is 14.9. The highest BCUT2D eigenvalue weighted by Gasteiger charge is 2.35. The Balaban J connectivity index is 1.79. The molecule has 0 unspecified atom stereocenters. The van der Waals surface area contributed by atoms with Crippen LogP contribution in [0.4, 0.5) is 0 Å². The zero-order chi connectivity index (χ0) is 22.6. The lowest BCUT2D eigenvalue weighted by Gasteiger charge is -2.29. The second-order valence-corrected chi connectivity index (χ2v) is 8.03. The van der Waals surface area contributed by atoms with Crippen LogP contribution in [0.1, 0.15) is 63.9 Å². The number of carboxylic acids is 1. The molecule has 8 heteroatoms. The third-order valence-electron chi connectivity index (χ3n) is 5.42. The van der Waals surface area contributed by atoms with Crippen LogP contribution in [0.2, 0.25) is 0 Å². The lowest BCUT2D eigenvalue weighted by Crippen LogP contribution is -2.63. The molecule has 1 fully saturated rings. The molecule has 0 spiro atoms. The van der Waals surface area contributed by atoms with Crippen LogP contribution in [0.25, 0.3) is 0 Å². The van der Waals surface area contributed by atoms with Crippen molar-refractivity contribution in [2.24, 2.45) is 0 Å². The van der Waals surface area contributed by atoms with Gasteiger partial charge in [-0.3, -0.25) is 14.4 Å². The molecule has 0 saturated carbocycles. The van der Waals surface area contributed by atoms with E-state index in [2.05, 4.69) is 22.9 Å². The van der Waals surface area contributed by atoms with Crippen LogP contribution in [-0.2, 0) is 25.6 Å². The maximum Gasteiger partial charge on any atom is 0.326 e. The van der Waals surface area contributed by atoms with Gasteiger partial charge in [-0.15, -0.1) is 0 Å². The minimum absolute atomic E-state index is 0.296. The van der Waals surface area contributed by atoms with Crippen LogP contribution < -0.4 is 16.0 Å². The summed E-state index contributed by atoms with van der Waals surface area (Å²) < 4.78 is 0. The molecule has 0 radical (unpaired) electrons. The van der Waals surface area contributed by atoms with E-state index in [-0.39, 0.29) is 12.3 Å². The molecule has 1 aliphatic rings. The fourth-order valence-corrected chi connectivity index (χ4v) is 3.64. The Hall–Kier alpha value is -2.90. The van der Waals surface area contributed by atoms with Gasteiger partial charge >= 0.3 is 5.97 Å². The SMILES string of the molecule is CCCCCCCC[C@@H](NC(=O)C[C@@H]1NC(=O)[C@H](Cc2ccccc2)NC1=O)C(=O)O. The number of hydrogen-bond donors (Lipinski definition) is 4. The first-order valence-corrected chi connectivity index (χ1v) is 11.1. The summed E-state index contributed by atoms with van der Waals surface area (Å²) in [6, 6.07) is 6.62. The van der Waals surface area contributed by atoms with Crippen LogP contribution in [0.5, 0.6) is 0 Å². The van der Waals surface area contributed by atoms with Crippen LogP contribution >= 0.6 is 0 Å². The van der Waals surface area contributed by atoms with E-state index in [1.54, 1.807) is 0 Å². The van der Waals surface area contributed by atoms with Crippen LogP contribution in [0, 0.1) is 0 Å². The first-order valence-electron chi connectivity index (χ1n) is 11.1. The molecule has 3 atom stereocenters. The number of amides is 3. The molecule has 0 aliphatic carbocycles. The minimum Gasteiger partial charge on any atom is -0.480 e. The summed E-state index contributed by atoms with van der Waals surface area (Å²) in [5, 5.41) is 17.1. The molecule has 1 aromatic rings. The van der Waals surface area contributed by atoms with Crippen molar-refractivity contribution < 1.29 is 24.3 Å². The lowest BCUT2D eigenvalue weighted by atomic mass is 10.0. The number of aliphatic carboxylic acids is 1. The summed E-state index contributed by atoms with van der Waals surface area (Å²) in [5.74, 6) is -2.47. The van der Waals surface area contributed by atoms with Crippen molar-refractivity contribution in [1.29, 1.82) is 0 Å². The molecule has 1 aromatic carbocycles. The predicted octanol–water partition coefficient (Wildman–Crippen LogP) is 1.92. The van der Waals surface area contributed by atoms with Gasteiger partial charge in [0.1, 0.15) is 18.1 Å². The largest absolute Gasteiger partial charge is 0.480 e. The normalized spacial score (nSPS) is 19.3. The van der Waals surface area contributed by atoms with E-state index in [9.17, 15) is 24.3 Å². The van der Waals surface area contributed by atoms with Gasteiger partial charge in [0.25, 0.3) is 0 Å². The van der Waals surface area contributed by atoms with Crippen molar-refractivity contribution in [2.45, 2.75) is 82.8 Å². The molecular formula is C23H33N3O5. The van der Waals surface area contributed by atoms with Crippen molar-refractivity contribution >= 4 is 23.7 Å². The van der Waals surface area contributed by atoms with Gasteiger partial charge in [-0.25, -0.2) is 4.79 Å². The summed E-state index contributed by atoms with van der Waals surface area (Å²) >= 11 is 0. The molecule has 31 heavy (non-hydrogen) atoms. The standard InChI is InChI=1S/C23H33N3O5/c1-2-3-4-5-6-10-13-17(23(30)31)24-20(27)15-19-22(29)25-18(21(28)26-19)14-16-11-8-7-9-12-16/h7-9,11-12,17-19H,2-6,10,13-15H2,1H3,(H,24,27)(H,25,29)(H,26,28)(H,30,31)/t17-,18+,19+/m1/s1. The Labute approximate surface area is 183 Å². The number of unbranched alkanes of at least 4 members (excludes halogenated alkanes) is 5. The molecule has 0 bridgehead atoms. The van der Waals surface area contributed by atoms with Gasteiger partial charge in [0.05, 0.1) is 6.42 Å². The highest BCUT2D eigenvalue weighted by Crippen LogP contribution is 2.11. The Kier molecular flexibility index (Phi) is 10.00. The van der Waals surface area contributed by atoms with Gasteiger partial charge in [0.15, 0.2) is 0 Å². The summed E-state index contributed by atoms with van der Waals surface area (Å²) in [5.41, 5.74) is 0.915. The molecule has 0 aromatic heterocycles. The third-order valence-corrected chi connectivity index (χ3v) is 5.42. The third kappa shape index (κ3) is 8.39. The number of hydrogen-bond acceptors (Lipinski definition) is 4. The number of carbonyl (C=O) groups excluding carboxylic acids is 3. The summed E-state index contributed by atoms with van der Waals surface area (Å²) in [4.78, 5) is 48.5. The van der Waals surface area contributed by atoms with Gasteiger partial charge < -0.3 is 21.1 Å². The van der Waals surface area contributed by atoms with E-state index >= 15 is 0 Å². The minimum atomic E-state index is -1.10. The van der Waals surface area contributed by atoms with Crippen LogP contribution in [0.3, 0.4) is 0 Å². The van der Waals surface area contributed by atoms with E-state index < -0.39 is 35.9 Å². The molecule has 2 rings (SSSR count). The molecule has 3 amide bonds. The predicted molar refractivity (Wildman–Crippen MR) is 116 cm³/mol. The topological polar surface area (TPSA) is 125 Å². The molecule has 4 N–H and O–H groups in total. The molecule has 1 aliphatic heterocycles. The molecular weight excluding hydrogens is 398 g/mol. The highest BCUT2D eigenvalue weighted by atomic mass is 16.4. The number of nitrogens with one attached hydrogen (secondary N) is 3. The van der Waals surface area contributed by atoms with Crippen LogP contribution in [0.15, 0.2) is 30.3 Å². The fourth-order valence-electron chi connectivity index (χ4n) is 3.64. The van der Waals surface area contributed by atoms with E-state index in [1.807, 2.05) is 30.3 Å². The number of carbonyl (C=O) groups is 4. The van der Waals surface area contributed by atoms with E-state index in [0.29, 0.717) is 19.3 Å². The van der Waals surface area contributed by atoms with Gasteiger partial charge in [0, 0.05) is 6.42 Å². The van der Waals surface area contributed by atoms with Crippen molar-refractivity contribution in [3.63, 3.8) is 0 Å². The Bertz CT molecular complexity index is 753. The van der Waals surface area contributed by atoms with E-state index in [1.165, 1.54) is 6.42 Å². The smallest absolute Gasteiger partial charge is 0.326 e. The summed E-state index contributed by atoms with van der Waals surface area (Å²) in [7, 11) is 0. The van der Waals surface area contributed by atoms with Crippen LogP contribution in [-0.4, -0.2) is 46.9 Å². The molecule has 170 valence electrons. The van der Waals surface area contributed by atoms with Crippen molar-refractivity contribution in [1.82, 2.24) is 16.0 Å². The zero-order valence-electron chi connectivity index (χ0n) is 18.1. The maximum absolute atomic E-state index is 12.4. The average molecular weight is 432 g/mol. The highest BCUT2D eigenvalue weighted by molar-refractivity contribution is 5.99. The Morgan fingerprint density at radius 3 is 2.26 bits per heavy atom. The van der Waals surface area contributed by atoms with E-state index in [4.69, 9.17) is 0 Å². The molecule has 1 saturated heterocycles. The molecule has 8 nitrogen and oxygen atoms in total. The van der Waals surface area contributed by atoms with Gasteiger partial charge in [-0.2, -0.15) is 0 Å². The van der Waals surface area contributed by atoms with Crippen molar-refractivity contribution in [2.75, 3.05) is 0 Å².